The van der Waals surface area contributed by atoms with Gasteiger partial charge in [0.2, 0.25) is 0 Å². The molecule has 0 saturated heterocycles. The van der Waals surface area contributed by atoms with Gasteiger partial charge in [-0.1, -0.05) is 17.7 Å². The van der Waals surface area contributed by atoms with Crippen LogP contribution >= 0.6 is 11.3 Å². The molecule has 0 unspecified atom stereocenters. The summed E-state index contributed by atoms with van der Waals surface area (Å²) >= 11 is 1.59. The van der Waals surface area contributed by atoms with Gasteiger partial charge in [0.1, 0.15) is 5.76 Å². The lowest BCUT2D eigenvalue weighted by atomic mass is 10.2. The Labute approximate surface area is 143 Å². The van der Waals surface area contributed by atoms with Crippen LogP contribution in [0.25, 0.3) is 11.5 Å². The Hall–Kier alpha value is -2.79. The van der Waals surface area contributed by atoms with Gasteiger partial charge in [-0.3, -0.25) is 0 Å². The Balaban J connectivity index is 1.83. The second kappa shape index (κ2) is 6.37. The normalized spacial score (nSPS) is 12.0. The lowest BCUT2D eigenvalue weighted by Gasteiger charge is -2.05. The first-order chi connectivity index (χ1) is 11.8. The lowest BCUT2D eigenvalue weighted by Crippen LogP contribution is -2.16. The summed E-state index contributed by atoms with van der Waals surface area (Å²) in [5.41, 5.74) is 3.15. The summed E-state index contributed by atoms with van der Waals surface area (Å²) in [5.74, 6) is 1.70. The molecule has 120 valence electrons. The van der Waals surface area contributed by atoms with Crippen molar-refractivity contribution < 1.29 is 8.83 Å². The number of benzene rings is 1. The molecular formula is C19H16N2O2S. The Bertz CT molecular complexity index is 975. The van der Waals surface area contributed by atoms with Crippen molar-refractivity contribution in [1.82, 2.24) is 4.57 Å². The second-order valence-corrected chi connectivity index (χ2v) is 6.33. The first-order valence-corrected chi connectivity index (χ1v) is 8.53. The molecule has 0 aliphatic heterocycles. The SMILES string of the molecule is Cc1ccc(N=c2scc(-c3ccco3)n2Cc2ccco2)cc1. The Morgan fingerprint density at radius 2 is 1.79 bits per heavy atom. The van der Waals surface area contributed by atoms with Gasteiger partial charge in [-0.05, 0) is 43.3 Å². The fourth-order valence-electron chi connectivity index (χ4n) is 2.48. The van der Waals surface area contributed by atoms with Crippen LogP contribution in [0.2, 0.25) is 0 Å². The summed E-state index contributed by atoms with van der Waals surface area (Å²) in [6.07, 6.45) is 3.37. The number of furan rings is 2. The molecule has 3 heterocycles. The van der Waals surface area contributed by atoms with Gasteiger partial charge in [-0.2, -0.15) is 0 Å². The number of aromatic nitrogens is 1. The molecule has 0 bridgehead atoms. The largest absolute Gasteiger partial charge is 0.467 e. The van der Waals surface area contributed by atoms with Crippen molar-refractivity contribution in [2.75, 3.05) is 0 Å². The van der Waals surface area contributed by atoms with Gasteiger partial charge < -0.3 is 13.4 Å². The molecule has 5 heteroatoms. The van der Waals surface area contributed by atoms with Crippen LogP contribution in [0.5, 0.6) is 0 Å². The molecule has 0 amide bonds. The topological polar surface area (TPSA) is 43.6 Å². The van der Waals surface area contributed by atoms with E-state index in [1.54, 1.807) is 23.9 Å². The Morgan fingerprint density at radius 3 is 2.50 bits per heavy atom. The maximum absolute atomic E-state index is 5.57. The Kier molecular flexibility index (Phi) is 3.92. The fraction of sp³-hybridized carbons (Fsp3) is 0.105. The van der Waals surface area contributed by atoms with Crippen molar-refractivity contribution in [3.05, 3.63) is 82.6 Å². The molecule has 0 fully saturated rings. The number of rotatable bonds is 4. The fourth-order valence-corrected chi connectivity index (χ4v) is 3.39. The van der Waals surface area contributed by atoms with E-state index in [1.807, 2.05) is 36.4 Å². The molecule has 3 aromatic heterocycles. The molecule has 0 aliphatic carbocycles. The van der Waals surface area contributed by atoms with Gasteiger partial charge >= 0.3 is 0 Å². The standard InChI is InChI=1S/C19H16N2O2S/c1-14-6-8-15(9-7-14)20-19-21(12-16-4-2-10-22-16)17(13-24-19)18-5-3-11-23-18/h2-11,13H,12H2,1H3. The van der Waals surface area contributed by atoms with Gasteiger partial charge in [0.05, 0.1) is 30.5 Å². The number of aryl methyl sites for hydroxylation is 1. The molecule has 0 atom stereocenters. The molecule has 0 spiro atoms. The lowest BCUT2D eigenvalue weighted by molar-refractivity contribution is 0.489. The smallest absolute Gasteiger partial charge is 0.190 e. The van der Waals surface area contributed by atoms with Crippen LogP contribution in [0.1, 0.15) is 11.3 Å². The van der Waals surface area contributed by atoms with E-state index in [4.69, 9.17) is 13.8 Å². The van der Waals surface area contributed by atoms with E-state index in [2.05, 4.69) is 29.0 Å². The minimum Gasteiger partial charge on any atom is -0.467 e. The molecule has 0 radical (unpaired) electrons. The zero-order valence-corrected chi connectivity index (χ0v) is 14.0. The molecule has 1 aromatic carbocycles. The van der Waals surface area contributed by atoms with Crippen molar-refractivity contribution in [2.24, 2.45) is 4.99 Å². The van der Waals surface area contributed by atoms with Crippen molar-refractivity contribution in [3.63, 3.8) is 0 Å². The van der Waals surface area contributed by atoms with Gasteiger partial charge in [0, 0.05) is 5.38 Å². The minimum absolute atomic E-state index is 0.608. The zero-order chi connectivity index (χ0) is 16.4. The predicted molar refractivity (Wildman–Crippen MR) is 94.2 cm³/mol. The third-order valence-corrected chi connectivity index (χ3v) is 4.59. The van der Waals surface area contributed by atoms with Gasteiger partial charge in [-0.25, -0.2) is 4.99 Å². The van der Waals surface area contributed by atoms with Crippen LogP contribution in [-0.4, -0.2) is 4.57 Å². The van der Waals surface area contributed by atoms with Crippen LogP contribution in [0, 0.1) is 6.92 Å². The van der Waals surface area contributed by atoms with Crippen molar-refractivity contribution in [2.45, 2.75) is 13.5 Å². The maximum atomic E-state index is 5.57. The second-order valence-electron chi connectivity index (χ2n) is 5.49. The highest BCUT2D eigenvalue weighted by Gasteiger charge is 2.12. The monoisotopic (exact) mass is 336 g/mol. The van der Waals surface area contributed by atoms with Gasteiger partial charge in [0.15, 0.2) is 10.6 Å². The summed E-state index contributed by atoms with van der Waals surface area (Å²) in [4.78, 5) is 5.70. The maximum Gasteiger partial charge on any atom is 0.190 e. The number of hydrogen-bond donors (Lipinski definition) is 0. The molecule has 0 N–H and O–H groups in total. The quantitative estimate of drug-likeness (QED) is 0.527. The van der Waals surface area contributed by atoms with Crippen molar-refractivity contribution in [1.29, 1.82) is 0 Å². The van der Waals surface area contributed by atoms with Gasteiger partial charge in [-0.15, -0.1) is 11.3 Å². The third kappa shape index (κ3) is 2.98. The number of nitrogens with zero attached hydrogens (tertiary/aromatic N) is 2. The third-order valence-electron chi connectivity index (χ3n) is 3.72. The van der Waals surface area contributed by atoms with Crippen LogP contribution in [0.3, 0.4) is 0 Å². The van der Waals surface area contributed by atoms with Crippen LogP contribution in [0.4, 0.5) is 5.69 Å². The highest BCUT2D eigenvalue weighted by molar-refractivity contribution is 7.07. The van der Waals surface area contributed by atoms with Crippen molar-refractivity contribution in [3.8, 4) is 11.5 Å². The van der Waals surface area contributed by atoms with E-state index >= 15 is 0 Å². The average molecular weight is 336 g/mol. The number of thiazole rings is 1. The highest BCUT2D eigenvalue weighted by Crippen LogP contribution is 2.22. The average Bonchev–Trinajstić information content (AvgIpc) is 3.33. The molecule has 4 nitrogen and oxygen atoms in total. The molecule has 4 rings (SSSR count). The molecule has 0 saturated carbocycles. The van der Waals surface area contributed by atoms with Crippen LogP contribution < -0.4 is 4.80 Å². The molecule has 0 aliphatic rings. The minimum atomic E-state index is 0.608. The summed E-state index contributed by atoms with van der Waals surface area (Å²) in [7, 11) is 0. The predicted octanol–water partition coefficient (Wildman–Crippen LogP) is 4.99. The van der Waals surface area contributed by atoms with Gasteiger partial charge in [0.25, 0.3) is 0 Å². The van der Waals surface area contributed by atoms with E-state index in [0.717, 1.165) is 27.7 Å². The molecular weight excluding hydrogens is 320 g/mol. The van der Waals surface area contributed by atoms with E-state index in [9.17, 15) is 0 Å². The summed E-state index contributed by atoms with van der Waals surface area (Å²) in [5, 5.41) is 2.06. The molecule has 24 heavy (non-hydrogen) atoms. The van der Waals surface area contributed by atoms with E-state index in [1.165, 1.54) is 5.56 Å². The number of hydrogen-bond acceptors (Lipinski definition) is 4. The molecule has 4 aromatic rings. The zero-order valence-electron chi connectivity index (χ0n) is 13.2. The summed E-state index contributed by atoms with van der Waals surface area (Å²) < 4.78 is 13.2. The van der Waals surface area contributed by atoms with E-state index < -0.39 is 0 Å². The Morgan fingerprint density at radius 1 is 1.00 bits per heavy atom. The van der Waals surface area contributed by atoms with Crippen LogP contribution in [-0.2, 0) is 6.54 Å². The van der Waals surface area contributed by atoms with E-state index in [0.29, 0.717) is 6.54 Å². The summed E-state index contributed by atoms with van der Waals surface area (Å²) in [6.45, 7) is 2.68. The summed E-state index contributed by atoms with van der Waals surface area (Å²) in [6, 6.07) is 15.9. The first-order valence-electron chi connectivity index (χ1n) is 7.65. The van der Waals surface area contributed by atoms with Crippen molar-refractivity contribution >= 4 is 17.0 Å². The highest BCUT2D eigenvalue weighted by atomic mass is 32.1. The first kappa shape index (κ1) is 14.8. The van der Waals surface area contributed by atoms with E-state index in [-0.39, 0.29) is 0 Å². The van der Waals surface area contributed by atoms with Crippen LogP contribution in [0.15, 0.2) is 80.3 Å².